The van der Waals surface area contributed by atoms with Crippen molar-refractivity contribution in [3.8, 4) is 0 Å². The van der Waals surface area contributed by atoms with Crippen molar-refractivity contribution < 1.29 is 4.79 Å². The van der Waals surface area contributed by atoms with Gasteiger partial charge >= 0.3 is 0 Å². The van der Waals surface area contributed by atoms with E-state index >= 15 is 0 Å². The lowest BCUT2D eigenvalue weighted by molar-refractivity contribution is -0.121. The van der Waals surface area contributed by atoms with Crippen molar-refractivity contribution in [1.82, 2.24) is 14.9 Å². The Bertz CT molecular complexity index is 966. The van der Waals surface area contributed by atoms with Crippen molar-refractivity contribution in [2.24, 2.45) is 5.73 Å². The third-order valence-corrected chi connectivity index (χ3v) is 4.38. The highest BCUT2D eigenvalue weighted by Crippen LogP contribution is 2.11. The summed E-state index contributed by atoms with van der Waals surface area (Å²) in [5, 5.41) is 3.39. The first-order valence-electron chi connectivity index (χ1n) is 8.58. The Balaban J connectivity index is 1.59. The van der Waals surface area contributed by atoms with Crippen LogP contribution in [0.25, 0.3) is 10.9 Å². The smallest absolute Gasteiger partial charge is 0.261 e. The number of carbonyl (C=O) groups is 1. The van der Waals surface area contributed by atoms with Gasteiger partial charge in [-0.05, 0) is 24.1 Å². The maximum absolute atomic E-state index is 12.5. The molecule has 1 amide bonds. The number of hydrogen-bond donors (Lipinski definition) is 2. The first-order valence-corrected chi connectivity index (χ1v) is 8.58. The van der Waals surface area contributed by atoms with E-state index in [1.54, 1.807) is 6.07 Å². The first-order chi connectivity index (χ1) is 12.6. The molecule has 0 fully saturated rings. The van der Waals surface area contributed by atoms with Gasteiger partial charge in [0.25, 0.3) is 5.56 Å². The van der Waals surface area contributed by atoms with Gasteiger partial charge in [-0.2, -0.15) is 0 Å². The van der Waals surface area contributed by atoms with Gasteiger partial charge in [-0.25, -0.2) is 4.98 Å². The predicted octanol–water partition coefficient (Wildman–Crippen LogP) is 1.91. The van der Waals surface area contributed by atoms with Gasteiger partial charge in [0.1, 0.15) is 0 Å². The number of nitrogens with zero attached hydrogens (tertiary/aromatic N) is 2. The molecule has 0 spiro atoms. The van der Waals surface area contributed by atoms with Gasteiger partial charge in [0.15, 0.2) is 0 Å². The van der Waals surface area contributed by atoms with Crippen molar-refractivity contribution >= 4 is 16.8 Å². The summed E-state index contributed by atoms with van der Waals surface area (Å²) >= 11 is 0. The van der Waals surface area contributed by atoms with Crippen molar-refractivity contribution in [2.75, 3.05) is 6.54 Å². The number of rotatable bonds is 6. The molecular formula is C20H22N4O2. The molecule has 1 atom stereocenters. The number of carbonyl (C=O) groups excluding carboxylic acids is 1. The maximum atomic E-state index is 12.5. The van der Waals surface area contributed by atoms with Crippen LogP contribution in [0.5, 0.6) is 0 Å². The van der Waals surface area contributed by atoms with Crippen LogP contribution in [0.3, 0.4) is 0 Å². The normalized spacial score (nSPS) is 12.1. The first kappa shape index (κ1) is 17.8. The monoisotopic (exact) mass is 350 g/mol. The molecule has 0 saturated carbocycles. The molecule has 0 aliphatic carbocycles. The molecule has 1 heterocycles. The van der Waals surface area contributed by atoms with Gasteiger partial charge in [-0.1, -0.05) is 42.5 Å². The van der Waals surface area contributed by atoms with Crippen LogP contribution >= 0.6 is 0 Å². The molecule has 0 saturated heterocycles. The summed E-state index contributed by atoms with van der Waals surface area (Å²) in [6.07, 6.45) is 1.70. The second-order valence-corrected chi connectivity index (χ2v) is 6.29. The molecule has 3 N–H and O–H groups in total. The number of hydrogen-bond acceptors (Lipinski definition) is 4. The Hall–Kier alpha value is -2.99. The molecule has 1 unspecified atom stereocenters. The van der Waals surface area contributed by atoms with Crippen LogP contribution in [0.1, 0.15) is 23.6 Å². The Labute approximate surface area is 151 Å². The van der Waals surface area contributed by atoms with E-state index in [-0.39, 0.29) is 30.5 Å². The average molecular weight is 350 g/mol. The van der Waals surface area contributed by atoms with E-state index in [0.29, 0.717) is 17.4 Å². The average Bonchev–Trinajstić information content (AvgIpc) is 2.67. The Morgan fingerprint density at radius 3 is 2.73 bits per heavy atom. The molecule has 0 aliphatic heterocycles. The molecule has 26 heavy (non-hydrogen) atoms. The Morgan fingerprint density at radius 2 is 1.96 bits per heavy atom. The molecule has 1 aromatic heterocycles. The molecule has 0 bridgehead atoms. The summed E-state index contributed by atoms with van der Waals surface area (Å²) in [4.78, 5) is 28.9. The highest BCUT2D eigenvalue weighted by atomic mass is 16.1. The van der Waals surface area contributed by atoms with Gasteiger partial charge in [0.05, 0.1) is 17.2 Å². The molecule has 2 aromatic carbocycles. The molecule has 0 radical (unpaired) electrons. The molecule has 0 aliphatic rings. The number of amides is 1. The lowest BCUT2D eigenvalue weighted by Crippen LogP contribution is -2.33. The molecule has 3 rings (SSSR count). The van der Waals surface area contributed by atoms with Crippen LogP contribution < -0.4 is 16.6 Å². The lowest BCUT2D eigenvalue weighted by atomic mass is 10.1. The number of fused-ring (bicyclic) bond motifs is 1. The van der Waals surface area contributed by atoms with E-state index in [4.69, 9.17) is 5.73 Å². The Kier molecular flexibility index (Phi) is 5.43. The van der Waals surface area contributed by atoms with Crippen molar-refractivity contribution in [1.29, 1.82) is 0 Å². The topological polar surface area (TPSA) is 90.0 Å². The highest BCUT2D eigenvalue weighted by Gasteiger charge is 2.10. The second-order valence-electron chi connectivity index (χ2n) is 6.29. The minimum Gasteiger partial charge on any atom is -0.354 e. The van der Waals surface area contributed by atoms with Crippen molar-refractivity contribution in [3.05, 3.63) is 76.3 Å². The van der Waals surface area contributed by atoms with Crippen LogP contribution in [-0.2, 0) is 11.3 Å². The van der Waals surface area contributed by atoms with Gasteiger partial charge in [0.2, 0.25) is 5.91 Å². The molecule has 3 aromatic rings. The number of benzene rings is 2. The number of aryl methyl sites for hydroxylation is 2. The van der Waals surface area contributed by atoms with E-state index in [0.717, 1.165) is 11.1 Å². The molecular weight excluding hydrogens is 328 g/mol. The lowest BCUT2D eigenvalue weighted by Gasteiger charge is -2.13. The zero-order valence-electron chi connectivity index (χ0n) is 14.7. The van der Waals surface area contributed by atoms with Crippen LogP contribution in [0.15, 0.2) is 59.7 Å². The van der Waals surface area contributed by atoms with E-state index in [2.05, 4.69) is 10.3 Å². The highest BCUT2D eigenvalue weighted by molar-refractivity contribution is 5.80. The van der Waals surface area contributed by atoms with Crippen molar-refractivity contribution in [3.63, 3.8) is 0 Å². The zero-order chi connectivity index (χ0) is 18.5. The summed E-state index contributed by atoms with van der Waals surface area (Å²) in [5.74, 6) is -0.146. The SMILES string of the molecule is Cc1cccc2c(=O)n(CCC(=O)NCC(N)c3ccccc3)cnc12. The van der Waals surface area contributed by atoms with E-state index in [9.17, 15) is 9.59 Å². The van der Waals surface area contributed by atoms with Crippen molar-refractivity contribution in [2.45, 2.75) is 25.9 Å². The zero-order valence-corrected chi connectivity index (χ0v) is 14.7. The third kappa shape index (κ3) is 3.97. The molecule has 6 heteroatoms. The van der Waals surface area contributed by atoms with Gasteiger partial charge in [-0.3, -0.25) is 14.2 Å². The fourth-order valence-corrected chi connectivity index (χ4v) is 2.85. The van der Waals surface area contributed by atoms with Crippen LogP contribution in [0.2, 0.25) is 0 Å². The summed E-state index contributed by atoms with van der Waals surface area (Å²) in [5.41, 5.74) is 8.57. The van der Waals surface area contributed by atoms with E-state index in [1.807, 2.05) is 49.4 Å². The minimum atomic E-state index is -0.256. The number of aromatic nitrogens is 2. The van der Waals surface area contributed by atoms with Gasteiger partial charge in [-0.15, -0.1) is 0 Å². The summed E-state index contributed by atoms with van der Waals surface area (Å²) in [6, 6.07) is 14.9. The fraction of sp³-hybridized carbons (Fsp3) is 0.250. The Morgan fingerprint density at radius 1 is 1.19 bits per heavy atom. The van der Waals surface area contributed by atoms with Gasteiger partial charge in [0, 0.05) is 25.6 Å². The standard InChI is InChI=1S/C20H22N4O2/c1-14-6-5-9-16-19(14)23-13-24(20(16)26)11-10-18(25)22-12-17(21)15-7-3-2-4-8-15/h2-9,13,17H,10-12,21H2,1H3,(H,22,25). The maximum Gasteiger partial charge on any atom is 0.261 e. The van der Waals surface area contributed by atoms with E-state index < -0.39 is 0 Å². The minimum absolute atomic E-state index is 0.132. The summed E-state index contributed by atoms with van der Waals surface area (Å²) in [7, 11) is 0. The van der Waals surface area contributed by atoms with Crippen LogP contribution in [0, 0.1) is 6.92 Å². The third-order valence-electron chi connectivity index (χ3n) is 4.38. The van der Waals surface area contributed by atoms with E-state index in [1.165, 1.54) is 10.9 Å². The molecule has 134 valence electrons. The molecule has 6 nitrogen and oxygen atoms in total. The predicted molar refractivity (Wildman–Crippen MR) is 102 cm³/mol. The van der Waals surface area contributed by atoms with Gasteiger partial charge < -0.3 is 11.1 Å². The second kappa shape index (κ2) is 7.93. The fourth-order valence-electron chi connectivity index (χ4n) is 2.85. The quantitative estimate of drug-likeness (QED) is 0.711. The summed E-state index contributed by atoms with van der Waals surface area (Å²) in [6.45, 7) is 2.55. The van der Waals surface area contributed by atoms with Crippen LogP contribution in [-0.4, -0.2) is 22.0 Å². The summed E-state index contributed by atoms with van der Waals surface area (Å²) < 4.78 is 1.47. The van der Waals surface area contributed by atoms with Crippen LogP contribution in [0.4, 0.5) is 0 Å². The number of para-hydroxylation sites is 1. The number of nitrogens with two attached hydrogens (primary N) is 1. The largest absolute Gasteiger partial charge is 0.354 e. The number of nitrogens with one attached hydrogen (secondary N) is 1.